The first kappa shape index (κ1) is 20.6. The van der Waals surface area contributed by atoms with Gasteiger partial charge in [0.15, 0.2) is 0 Å². The van der Waals surface area contributed by atoms with E-state index in [0.717, 1.165) is 25.7 Å². The summed E-state index contributed by atoms with van der Waals surface area (Å²) in [5.41, 5.74) is 1.46. The van der Waals surface area contributed by atoms with Gasteiger partial charge in [0.2, 0.25) is 5.91 Å². The van der Waals surface area contributed by atoms with E-state index in [0.29, 0.717) is 16.9 Å². The Balaban J connectivity index is 1.77. The van der Waals surface area contributed by atoms with E-state index in [2.05, 4.69) is 10.6 Å². The average Bonchev–Trinajstić information content (AvgIpc) is 2.75. The van der Waals surface area contributed by atoms with Crippen LogP contribution in [0.1, 0.15) is 59.7 Å². The first-order chi connectivity index (χ1) is 14.1. The van der Waals surface area contributed by atoms with Crippen LogP contribution < -0.4 is 10.6 Å². The first-order valence-corrected chi connectivity index (χ1v) is 10.1. The van der Waals surface area contributed by atoms with Gasteiger partial charge in [-0.25, -0.2) is 4.79 Å². The number of hydrogen-bond donors (Lipinski definition) is 2. The van der Waals surface area contributed by atoms with Crippen LogP contribution in [-0.4, -0.2) is 24.4 Å². The Morgan fingerprint density at radius 1 is 0.862 bits per heavy atom. The van der Waals surface area contributed by atoms with Crippen molar-refractivity contribution < 1.29 is 19.1 Å². The molecule has 2 amide bonds. The lowest BCUT2D eigenvalue weighted by atomic mass is 9.88. The number of ether oxygens (including phenoxy) is 1. The summed E-state index contributed by atoms with van der Waals surface area (Å²) in [4.78, 5) is 37.7. The SMILES string of the molecule is CCOC(=O)c1ccccc1NC(=O)c1ccccc1NC(=O)C1CCCCC1. The van der Waals surface area contributed by atoms with E-state index in [9.17, 15) is 14.4 Å². The lowest BCUT2D eigenvalue weighted by Crippen LogP contribution is -2.26. The third-order valence-electron chi connectivity index (χ3n) is 5.08. The summed E-state index contributed by atoms with van der Waals surface area (Å²) in [5.74, 6) is -0.954. The van der Waals surface area contributed by atoms with Gasteiger partial charge in [-0.1, -0.05) is 43.5 Å². The molecular formula is C23H26N2O4. The Morgan fingerprint density at radius 3 is 2.10 bits per heavy atom. The summed E-state index contributed by atoms with van der Waals surface area (Å²) in [5, 5.41) is 5.68. The molecule has 0 aliphatic heterocycles. The van der Waals surface area contributed by atoms with Crippen molar-refractivity contribution >= 4 is 29.2 Å². The van der Waals surface area contributed by atoms with Crippen LogP contribution in [0.15, 0.2) is 48.5 Å². The van der Waals surface area contributed by atoms with Gasteiger partial charge in [-0.15, -0.1) is 0 Å². The van der Waals surface area contributed by atoms with Gasteiger partial charge in [-0.3, -0.25) is 9.59 Å². The van der Waals surface area contributed by atoms with Gasteiger partial charge in [0.05, 0.1) is 29.1 Å². The highest BCUT2D eigenvalue weighted by Gasteiger charge is 2.23. The topological polar surface area (TPSA) is 84.5 Å². The van der Waals surface area contributed by atoms with E-state index in [1.54, 1.807) is 55.5 Å². The second-order valence-electron chi connectivity index (χ2n) is 7.09. The number of para-hydroxylation sites is 2. The minimum atomic E-state index is -0.498. The van der Waals surface area contributed by atoms with Gasteiger partial charge in [0.1, 0.15) is 0 Å². The number of carbonyl (C=O) groups excluding carboxylic acids is 3. The molecular weight excluding hydrogens is 368 g/mol. The molecule has 0 saturated heterocycles. The van der Waals surface area contributed by atoms with Crippen molar-refractivity contribution in [1.82, 2.24) is 0 Å². The fourth-order valence-electron chi connectivity index (χ4n) is 3.56. The van der Waals surface area contributed by atoms with Gasteiger partial charge in [-0.05, 0) is 44.0 Å². The first-order valence-electron chi connectivity index (χ1n) is 10.1. The number of esters is 1. The molecule has 1 saturated carbocycles. The number of benzene rings is 2. The largest absolute Gasteiger partial charge is 0.462 e. The van der Waals surface area contributed by atoms with Crippen LogP contribution in [0.4, 0.5) is 11.4 Å². The highest BCUT2D eigenvalue weighted by atomic mass is 16.5. The maximum Gasteiger partial charge on any atom is 0.340 e. The van der Waals surface area contributed by atoms with E-state index in [1.165, 1.54) is 6.42 Å². The van der Waals surface area contributed by atoms with Crippen LogP contribution in [0.5, 0.6) is 0 Å². The summed E-state index contributed by atoms with van der Waals surface area (Å²) >= 11 is 0. The second kappa shape index (κ2) is 9.87. The lowest BCUT2D eigenvalue weighted by molar-refractivity contribution is -0.120. The zero-order valence-corrected chi connectivity index (χ0v) is 16.6. The number of anilines is 2. The zero-order chi connectivity index (χ0) is 20.6. The molecule has 1 fully saturated rings. The van der Waals surface area contributed by atoms with Crippen molar-refractivity contribution in [2.45, 2.75) is 39.0 Å². The van der Waals surface area contributed by atoms with Crippen LogP contribution in [0, 0.1) is 5.92 Å². The molecule has 2 aromatic carbocycles. The summed E-state index contributed by atoms with van der Waals surface area (Å²) in [6.45, 7) is 1.97. The molecule has 0 unspecified atom stereocenters. The molecule has 0 heterocycles. The number of hydrogen-bond acceptors (Lipinski definition) is 4. The van der Waals surface area contributed by atoms with Crippen LogP contribution in [0.3, 0.4) is 0 Å². The number of carbonyl (C=O) groups is 3. The summed E-state index contributed by atoms with van der Waals surface area (Å²) < 4.78 is 5.05. The molecule has 6 nitrogen and oxygen atoms in total. The van der Waals surface area contributed by atoms with E-state index in [4.69, 9.17) is 4.74 Å². The Morgan fingerprint density at radius 2 is 1.45 bits per heavy atom. The molecule has 2 N–H and O–H groups in total. The molecule has 0 radical (unpaired) electrons. The van der Waals surface area contributed by atoms with Gasteiger partial charge in [0.25, 0.3) is 5.91 Å². The molecule has 0 atom stereocenters. The van der Waals surface area contributed by atoms with Crippen LogP contribution in [0.25, 0.3) is 0 Å². The summed E-state index contributed by atoms with van der Waals surface area (Å²) in [6, 6.07) is 13.6. The van der Waals surface area contributed by atoms with Gasteiger partial charge in [0, 0.05) is 5.92 Å². The highest BCUT2D eigenvalue weighted by molar-refractivity contribution is 6.12. The molecule has 6 heteroatoms. The van der Waals surface area contributed by atoms with Crippen molar-refractivity contribution in [2.24, 2.45) is 5.92 Å². The van der Waals surface area contributed by atoms with Crippen LogP contribution in [-0.2, 0) is 9.53 Å². The van der Waals surface area contributed by atoms with Crippen molar-refractivity contribution in [3.05, 3.63) is 59.7 Å². The fraction of sp³-hybridized carbons (Fsp3) is 0.348. The Bertz CT molecular complexity index is 888. The predicted octanol–water partition coefficient (Wildman–Crippen LogP) is 4.63. The zero-order valence-electron chi connectivity index (χ0n) is 16.6. The maximum absolute atomic E-state index is 12.9. The summed E-state index contributed by atoms with van der Waals surface area (Å²) in [6.07, 6.45) is 5.05. The predicted molar refractivity (Wildman–Crippen MR) is 112 cm³/mol. The molecule has 0 bridgehead atoms. The third kappa shape index (κ3) is 5.22. The molecule has 1 aliphatic carbocycles. The minimum Gasteiger partial charge on any atom is -0.462 e. The van der Waals surface area contributed by atoms with Crippen molar-refractivity contribution in [1.29, 1.82) is 0 Å². The standard InChI is InChI=1S/C23H26N2O4/c1-2-29-23(28)18-13-7-9-15-20(18)25-22(27)17-12-6-8-14-19(17)24-21(26)16-10-4-3-5-11-16/h6-9,12-16H,2-5,10-11H2,1H3,(H,24,26)(H,25,27). The minimum absolute atomic E-state index is 0.00981. The smallest absolute Gasteiger partial charge is 0.340 e. The van der Waals surface area contributed by atoms with E-state index in [-0.39, 0.29) is 24.0 Å². The molecule has 2 aromatic rings. The van der Waals surface area contributed by atoms with Crippen LogP contribution >= 0.6 is 0 Å². The van der Waals surface area contributed by atoms with Gasteiger partial charge in [-0.2, -0.15) is 0 Å². The lowest BCUT2D eigenvalue weighted by Gasteiger charge is -2.21. The number of nitrogens with one attached hydrogen (secondary N) is 2. The van der Waals surface area contributed by atoms with E-state index >= 15 is 0 Å². The van der Waals surface area contributed by atoms with Gasteiger partial charge >= 0.3 is 5.97 Å². The normalized spacial score (nSPS) is 14.1. The third-order valence-corrected chi connectivity index (χ3v) is 5.08. The van der Waals surface area contributed by atoms with E-state index < -0.39 is 11.9 Å². The van der Waals surface area contributed by atoms with Crippen LogP contribution in [0.2, 0.25) is 0 Å². The van der Waals surface area contributed by atoms with Crippen molar-refractivity contribution in [2.75, 3.05) is 17.2 Å². The number of amides is 2. The Labute approximate surface area is 170 Å². The Hall–Kier alpha value is -3.15. The number of rotatable bonds is 6. The highest BCUT2D eigenvalue weighted by Crippen LogP contribution is 2.26. The quantitative estimate of drug-likeness (QED) is 0.700. The summed E-state index contributed by atoms with van der Waals surface area (Å²) in [7, 11) is 0. The Kier molecular flexibility index (Phi) is 7.00. The molecule has 0 spiro atoms. The average molecular weight is 394 g/mol. The van der Waals surface area contributed by atoms with Crippen molar-refractivity contribution in [3.63, 3.8) is 0 Å². The molecule has 152 valence electrons. The maximum atomic E-state index is 12.9. The van der Waals surface area contributed by atoms with Gasteiger partial charge < -0.3 is 15.4 Å². The fourth-order valence-corrected chi connectivity index (χ4v) is 3.56. The molecule has 29 heavy (non-hydrogen) atoms. The molecule has 3 rings (SSSR count). The molecule has 0 aromatic heterocycles. The van der Waals surface area contributed by atoms with Crippen molar-refractivity contribution in [3.8, 4) is 0 Å². The monoisotopic (exact) mass is 394 g/mol. The second-order valence-corrected chi connectivity index (χ2v) is 7.09. The van der Waals surface area contributed by atoms with E-state index in [1.807, 2.05) is 0 Å². The molecule has 1 aliphatic rings.